The summed E-state index contributed by atoms with van der Waals surface area (Å²) in [6.07, 6.45) is 0.604. The van der Waals surface area contributed by atoms with Gasteiger partial charge in [0.05, 0.1) is 0 Å². The van der Waals surface area contributed by atoms with Crippen LogP contribution in [0.15, 0.2) is 60.7 Å². The lowest BCUT2D eigenvalue weighted by Crippen LogP contribution is -2.33. The molecule has 0 spiro atoms. The first-order chi connectivity index (χ1) is 12.1. The number of carbonyl (C=O) groups is 2. The van der Waals surface area contributed by atoms with E-state index < -0.39 is 24.0 Å². The number of carboxylic acid groups (broad SMARTS) is 2. The number of carboxylic acids is 2. The Morgan fingerprint density at radius 1 is 0.704 bits per heavy atom. The Balaban J connectivity index is 0.00000338. The van der Waals surface area contributed by atoms with Gasteiger partial charge in [0.1, 0.15) is 12.1 Å². The maximum atomic E-state index is 11.4. The van der Waals surface area contributed by atoms with Crippen LogP contribution >= 0.6 is 34.0 Å². The third-order valence-electron chi connectivity index (χ3n) is 3.81. The first-order valence-electron chi connectivity index (χ1n) is 8.12. The minimum atomic E-state index is -0.938. The lowest BCUT2D eigenvalue weighted by atomic mass is 10.1. The van der Waals surface area contributed by atoms with Crippen molar-refractivity contribution in [1.82, 2.24) is 10.6 Å². The van der Waals surface area contributed by atoms with Gasteiger partial charge in [-0.05, 0) is 30.6 Å². The molecule has 2 unspecified atom stereocenters. The topological polar surface area (TPSA) is 98.7 Å². The number of benzene rings is 2. The van der Waals surface area contributed by atoms with Crippen LogP contribution in [-0.2, 0) is 9.59 Å². The van der Waals surface area contributed by atoms with Crippen molar-refractivity contribution >= 4 is 45.9 Å². The number of rotatable bonds is 10. The molecule has 0 amide bonds. The van der Waals surface area contributed by atoms with Crippen LogP contribution in [0.1, 0.15) is 29.6 Å². The first kappa shape index (κ1) is 25.3. The molecule has 0 saturated carbocycles. The highest BCUT2D eigenvalue weighted by molar-refractivity contribution is 8.93. The van der Waals surface area contributed by atoms with Gasteiger partial charge >= 0.3 is 11.9 Å². The van der Waals surface area contributed by atoms with Gasteiger partial charge in [-0.2, -0.15) is 0 Å². The van der Waals surface area contributed by atoms with E-state index >= 15 is 0 Å². The second-order valence-electron chi connectivity index (χ2n) is 5.63. The van der Waals surface area contributed by atoms with E-state index in [0.717, 1.165) is 0 Å². The summed E-state index contributed by atoms with van der Waals surface area (Å²) in [5.74, 6) is -1.88. The average molecular weight is 504 g/mol. The van der Waals surface area contributed by atoms with Crippen molar-refractivity contribution in [3.63, 3.8) is 0 Å². The molecule has 0 heterocycles. The minimum absolute atomic E-state index is 0. The Labute approximate surface area is 179 Å². The molecule has 0 saturated heterocycles. The molecule has 0 bridgehead atoms. The Kier molecular flexibility index (Phi) is 12.6. The van der Waals surface area contributed by atoms with Crippen LogP contribution in [0.5, 0.6) is 0 Å². The number of aliphatic carboxylic acids is 2. The number of halogens is 2. The molecule has 6 nitrogen and oxygen atoms in total. The molecule has 27 heavy (non-hydrogen) atoms. The zero-order valence-corrected chi connectivity index (χ0v) is 18.0. The maximum absolute atomic E-state index is 11.4. The van der Waals surface area contributed by atoms with Crippen LogP contribution in [0.25, 0.3) is 0 Å². The van der Waals surface area contributed by atoms with Gasteiger partial charge in [-0.25, -0.2) is 0 Å². The summed E-state index contributed by atoms with van der Waals surface area (Å²) in [6, 6.07) is 16.4. The average Bonchev–Trinajstić information content (AvgIpc) is 2.62. The molecule has 2 aromatic rings. The van der Waals surface area contributed by atoms with E-state index in [0.29, 0.717) is 30.6 Å². The van der Waals surface area contributed by atoms with E-state index in [9.17, 15) is 19.8 Å². The summed E-state index contributed by atoms with van der Waals surface area (Å²) < 4.78 is 0. The highest BCUT2D eigenvalue weighted by Crippen LogP contribution is 2.14. The van der Waals surface area contributed by atoms with Crippen molar-refractivity contribution in [3.8, 4) is 0 Å². The molecule has 2 aromatic carbocycles. The lowest BCUT2D eigenvalue weighted by molar-refractivity contribution is -0.140. The SMILES string of the molecule is Br.Br.O=C(O)C(NCCCNC(C(=O)O)c1ccccc1)c1ccccc1. The van der Waals surface area contributed by atoms with E-state index in [-0.39, 0.29) is 34.0 Å². The smallest absolute Gasteiger partial charge is 0.325 e. The van der Waals surface area contributed by atoms with Gasteiger partial charge in [-0.3, -0.25) is 9.59 Å². The fourth-order valence-corrected chi connectivity index (χ4v) is 2.57. The van der Waals surface area contributed by atoms with Gasteiger partial charge in [0.15, 0.2) is 0 Å². The highest BCUT2D eigenvalue weighted by atomic mass is 79.9. The van der Waals surface area contributed by atoms with Crippen LogP contribution in [0, 0.1) is 0 Å². The fraction of sp³-hybridized carbons (Fsp3) is 0.263. The molecule has 0 fully saturated rings. The molecule has 0 aliphatic rings. The Morgan fingerprint density at radius 2 is 1.04 bits per heavy atom. The Hall–Kier alpha value is -1.74. The molecule has 0 radical (unpaired) electrons. The molecule has 2 atom stereocenters. The van der Waals surface area contributed by atoms with Gasteiger partial charge in [-0.15, -0.1) is 34.0 Å². The summed E-state index contributed by atoms with van der Waals surface area (Å²) in [5, 5.41) is 24.7. The second-order valence-corrected chi connectivity index (χ2v) is 5.63. The number of hydrogen-bond donors (Lipinski definition) is 4. The van der Waals surface area contributed by atoms with Crippen molar-refractivity contribution in [2.75, 3.05) is 13.1 Å². The predicted octanol–water partition coefficient (Wildman–Crippen LogP) is 3.36. The first-order valence-corrected chi connectivity index (χ1v) is 8.12. The largest absolute Gasteiger partial charge is 0.480 e. The summed E-state index contributed by atoms with van der Waals surface area (Å²) >= 11 is 0. The molecule has 0 aliphatic carbocycles. The standard InChI is InChI=1S/C19H22N2O4.2BrH/c22-18(23)16(14-8-3-1-4-9-14)20-12-7-13-21-17(19(24)25)15-10-5-2-6-11-15;;/h1-6,8-11,16-17,20-21H,7,12-13H2,(H,22,23)(H,24,25);2*1H. The van der Waals surface area contributed by atoms with Crippen LogP contribution in [0.4, 0.5) is 0 Å². The highest BCUT2D eigenvalue weighted by Gasteiger charge is 2.20. The predicted molar refractivity (Wildman–Crippen MR) is 115 cm³/mol. The number of nitrogens with one attached hydrogen (secondary N) is 2. The van der Waals surface area contributed by atoms with Crippen molar-refractivity contribution in [2.45, 2.75) is 18.5 Å². The molecule has 2 rings (SSSR count). The van der Waals surface area contributed by atoms with Gasteiger partial charge in [0.25, 0.3) is 0 Å². The summed E-state index contributed by atoms with van der Waals surface area (Å²) in [5.41, 5.74) is 1.38. The van der Waals surface area contributed by atoms with Crippen molar-refractivity contribution in [1.29, 1.82) is 0 Å². The minimum Gasteiger partial charge on any atom is -0.480 e. The van der Waals surface area contributed by atoms with Crippen LogP contribution < -0.4 is 10.6 Å². The van der Waals surface area contributed by atoms with E-state index in [1.807, 2.05) is 12.1 Å². The van der Waals surface area contributed by atoms with E-state index in [1.54, 1.807) is 48.5 Å². The summed E-state index contributed by atoms with van der Waals surface area (Å²) in [6.45, 7) is 0.917. The Morgan fingerprint density at radius 3 is 1.33 bits per heavy atom. The number of hydrogen-bond acceptors (Lipinski definition) is 4. The van der Waals surface area contributed by atoms with E-state index in [4.69, 9.17) is 0 Å². The second kappa shape index (κ2) is 13.4. The van der Waals surface area contributed by atoms with Gasteiger partial charge in [0.2, 0.25) is 0 Å². The van der Waals surface area contributed by atoms with Crippen molar-refractivity contribution in [3.05, 3.63) is 71.8 Å². The fourth-order valence-electron chi connectivity index (χ4n) is 2.57. The zero-order chi connectivity index (χ0) is 18.1. The Bertz CT molecular complexity index is 627. The molecular formula is C19H24Br2N2O4. The quantitative estimate of drug-likeness (QED) is 0.371. The van der Waals surface area contributed by atoms with Crippen molar-refractivity contribution in [2.24, 2.45) is 0 Å². The monoisotopic (exact) mass is 502 g/mol. The molecule has 4 N–H and O–H groups in total. The van der Waals surface area contributed by atoms with Crippen LogP contribution in [-0.4, -0.2) is 35.2 Å². The third kappa shape index (κ3) is 8.21. The van der Waals surface area contributed by atoms with E-state index in [2.05, 4.69) is 10.6 Å². The molecule has 0 aromatic heterocycles. The maximum Gasteiger partial charge on any atom is 0.325 e. The van der Waals surface area contributed by atoms with Gasteiger partial charge in [-0.1, -0.05) is 60.7 Å². The van der Waals surface area contributed by atoms with Gasteiger partial charge in [0, 0.05) is 0 Å². The molecule has 0 aliphatic heterocycles. The van der Waals surface area contributed by atoms with Crippen LogP contribution in [0.3, 0.4) is 0 Å². The van der Waals surface area contributed by atoms with Crippen LogP contribution in [0.2, 0.25) is 0 Å². The van der Waals surface area contributed by atoms with Gasteiger partial charge < -0.3 is 20.8 Å². The summed E-state index contributed by atoms with van der Waals surface area (Å²) in [4.78, 5) is 22.8. The molecule has 8 heteroatoms. The normalized spacial score (nSPS) is 12.1. The van der Waals surface area contributed by atoms with E-state index in [1.165, 1.54) is 0 Å². The molecular weight excluding hydrogens is 480 g/mol. The molecule has 148 valence electrons. The third-order valence-corrected chi connectivity index (χ3v) is 3.81. The summed E-state index contributed by atoms with van der Waals surface area (Å²) in [7, 11) is 0. The lowest BCUT2D eigenvalue weighted by Gasteiger charge is -2.17. The zero-order valence-electron chi connectivity index (χ0n) is 14.6. The van der Waals surface area contributed by atoms with Crippen molar-refractivity contribution < 1.29 is 19.8 Å².